The Labute approximate surface area is 127 Å². The van der Waals surface area contributed by atoms with Crippen LogP contribution >= 0.6 is 0 Å². The third-order valence-electron chi connectivity index (χ3n) is 5.74. The van der Waals surface area contributed by atoms with E-state index in [1.807, 2.05) is 15.7 Å². The van der Waals surface area contributed by atoms with Crippen molar-refractivity contribution in [2.45, 2.75) is 21.5 Å². The average Bonchev–Trinajstić information content (AvgIpc) is 2.62. The topological polar surface area (TPSA) is 44.5 Å². The SMILES string of the molecule is BC1(B)Oc2cc3c(cc2O1)C(B)(B)C(B)(N)C3(B)B. The summed E-state index contributed by atoms with van der Waals surface area (Å²) in [7, 11) is 14.9. The van der Waals surface area contributed by atoms with Crippen LogP contribution in [0.15, 0.2) is 12.1 Å². The number of ether oxygens (including phenoxy) is 2. The molecule has 20 heavy (non-hydrogen) atoms. The summed E-state index contributed by atoms with van der Waals surface area (Å²) >= 11 is 0. The van der Waals surface area contributed by atoms with Crippen LogP contribution in [-0.4, -0.2) is 65.9 Å². The molecule has 1 aromatic rings. The first kappa shape index (κ1) is 14.2. The summed E-state index contributed by atoms with van der Waals surface area (Å²) in [6.07, 6.45) is 0. The first-order chi connectivity index (χ1) is 8.90. The number of nitrogens with two attached hydrogens (primary N) is 1. The largest absolute Gasteiger partial charge is 0.467 e. The van der Waals surface area contributed by atoms with Gasteiger partial charge in [-0.15, -0.1) is 0 Å². The van der Waals surface area contributed by atoms with E-state index in [1.165, 1.54) is 11.1 Å². The summed E-state index contributed by atoms with van der Waals surface area (Å²) in [5.41, 5.74) is 8.34. The second kappa shape index (κ2) is 3.52. The van der Waals surface area contributed by atoms with E-state index in [4.69, 9.17) is 15.2 Å². The second-order valence-corrected chi connectivity index (χ2v) is 7.90. The van der Waals surface area contributed by atoms with E-state index in [9.17, 15) is 0 Å². The van der Waals surface area contributed by atoms with E-state index in [2.05, 4.69) is 51.4 Å². The molecule has 1 heterocycles. The minimum Gasteiger partial charge on any atom is -0.467 e. The molecule has 1 aromatic carbocycles. The Hall–Kier alpha value is -0.765. The van der Waals surface area contributed by atoms with Crippen LogP contribution in [0.5, 0.6) is 11.5 Å². The Morgan fingerprint density at radius 1 is 0.750 bits per heavy atom. The standard InChI is InChI=1S/C10H18B7NO2/c11-7(12)3-1-5-6(20-10(16,17)19-5)2-4(3)8(13,14)9(7,15)18/h1-2H,11-18H2. The highest BCUT2D eigenvalue weighted by Gasteiger charge is 2.57. The van der Waals surface area contributed by atoms with Gasteiger partial charge in [0.25, 0.3) is 0 Å². The van der Waals surface area contributed by atoms with Gasteiger partial charge >= 0.3 is 0 Å². The Kier molecular flexibility index (Phi) is 2.50. The van der Waals surface area contributed by atoms with Gasteiger partial charge in [-0.2, -0.15) is 0 Å². The van der Waals surface area contributed by atoms with Crippen molar-refractivity contribution in [2.24, 2.45) is 5.73 Å². The quantitative estimate of drug-likeness (QED) is 0.472. The molecule has 3 nitrogen and oxygen atoms in total. The highest BCUT2D eigenvalue weighted by atomic mass is 16.7. The predicted octanol–water partition coefficient (Wildman–Crippen LogP) is -6.52. The van der Waals surface area contributed by atoms with Crippen LogP contribution in [0.1, 0.15) is 11.1 Å². The number of hydrogen-bond donors (Lipinski definition) is 1. The first-order valence-electron chi connectivity index (χ1n) is 7.26. The summed E-state index contributed by atoms with van der Waals surface area (Å²) in [4.78, 5) is 0. The molecule has 3 rings (SSSR count). The number of benzene rings is 1. The van der Waals surface area contributed by atoms with Gasteiger partial charge in [0.05, 0.1) is 0 Å². The lowest BCUT2D eigenvalue weighted by molar-refractivity contribution is 0.0832. The molecule has 0 spiro atoms. The minimum atomic E-state index is -0.586. The van der Waals surface area contributed by atoms with Gasteiger partial charge < -0.3 is 15.2 Å². The third-order valence-corrected chi connectivity index (χ3v) is 5.74. The fraction of sp³-hybridized carbons (Fsp3) is 0.400. The Bertz CT molecular complexity index is 565. The van der Waals surface area contributed by atoms with Crippen LogP contribution in [0.2, 0.25) is 0 Å². The molecule has 0 amide bonds. The normalized spacial score (nSPS) is 26.1. The summed E-state index contributed by atoms with van der Waals surface area (Å²) in [5.74, 6) is 1.66. The summed E-state index contributed by atoms with van der Waals surface area (Å²) < 4.78 is 11.8. The zero-order chi connectivity index (χ0) is 15.1. The van der Waals surface area contributed by atoms with E-state index in [0.29, 0.717) is 0 Å². The van der Waals surface area contributed by atoms with Crippen LogP contribution in [0.3, 0.4) is 0 Å². The van der Waals surface area contributed by atoms with Crippen molar-refractivity contribution in [3.05, 3.63) is 23.3 Å². The molecule has 2 N–H and O–H groups in total. The van der Waals surface area contributed by atoms with Gasteiger partial charge in [-0.3, -0.25) is 0 Å². The lowest BCUT2D eigenvalue weighted by Gasteiger charge is -2.45. The summed E-state index contributed by atoms with van der Waals surface area (Å²) in [6.45, 7) is 0. The monoisotopic (exact) mass is 261 g/mol. The fourth-order valence-corrected chi connectivity index (χ4v) is 3.64. The van der Waals surface area contributed by atoms with Gasteiger partial charge in [-0.25, -0.2) is 0 Å². The van der Waals surface area contributed by atoms with Gasteiger partial charge in [0, 0.05) is 0 Å². The van der Waals surface area contributed by atoms with E-state index in [-0.39, 0.29) is 15.9 Å². The summed E-state index contributed by atoms with van der Waals surface area (Å²) in [5, 5.41) is -0.228. The Morgan fingerprint density at radius 3 is 1.45 bits per heavy atom. The molecular weight excluding hydrogens is 242 g/mol. The van der Waals surface area contributed by atoms with Gasteiger partial charge in [0.15, 0.2) is 32.8 Å². The zero-order valence-electron chi connectivity index (χ0n) is 13.5. The fourth-order valence-electron chi connectivity index (χ4n) is 3.64. The molecule has 1 aliphatic heterocycles. The molecule has 0 radical (unpaired) electrons. The van der Waals surface area contributed by atoms with Crippen LogP contribution in [-0.2, 0) is 10.4 Å². The van der Waals surface area contributed by atoms with Crippen LogP contribution in [0.4, 0.5) is 0 Å². The lowest BCUT2D eigenvalue weighted by atomic mass is 9.30. The maximum absolute atomic E-state index is 6.71. The van der Waals surface area contributed by atoms with Crippen molar-refractivity contribution in [3.63, 3.8) is 0 Å². The Balaban J connectivity index is 2.24. The predicted molar refractivity (Wildman–Crippen MR) is 101 cm³/mol. The van der Waals surface area contributed by atoms with Crippen LogP contribution < -0.4 is 15.2 Å². The van der Waals surface area contributed by atoms with Crippen molar-refractivity contribution in [3.8, 4) is 11.5 Å². The minimum absolute atomic E-state index is 0.114. The lowest BCUT2D eigenvalue weighted by Crippen LogP contribution is -2.67. The molecule has 96 valence electrons. The van der Waals surface area contributed by atoms with Crippen molar-refractivity contribution >= 4 is 54.9 Å². The van der Waals surface area contributed by atoms with Gasteiger partial charge in [-0.1, -0.05) is 21.6 Å². The van der Waals surface area contributed by atoms with Crippen LogP contribution in [0.25, 0.3) is 0 Å². The molecule has 0 saturated heterocycles. The number of fused-ring (bicyclic) bond motifs is 2. The highest BCUT2D eigenvalue weighted by Crippen LogP contribution is 2.52. The number of rotatable bonds is 0. The molecule has 0 saturated carbocycles. The molecule has 1 aliphatic carbocycles. The molecule has 0 unspecified atom stereocenters. The molecular formula is C10H18B7NO2. The zero-order valence-corrected chi connectivity index (χ0v) is 13.5. The Morgan fingerprint density at radius 2 is 1.10 bits per heavy atom. The van der Waals surface area contributed by atoms with Gasteiger partial charge in [0.1, 0.15) is 39.2 Å². The average molecular weight is 260 g/mol. The third kappa shape index (κ3) is 1.49. The molecule has 0 atom stereocenters. The van der Waals surface area contributed by atoms with E-state index in [0.717, 1.165) is 11.5 Å². The van der Waals surface area contributed by atoms with Crippen LogP contribution in [0, 0.1) is 0 Å². The van der Waals surface area contributed by atoms with Crippen molar-refractivity contribution in [1.82, 2.24) is 0 Å². The van der Waals surface area contributed by atoms with Gasteiger partial charge in [0.2, 0.25) is 0 Å². The maximum Gasteiger partial charge on any atom is 0.197 e. The van der Waals surface area contributed by atoms with E-state index < -0.39 is 5.59 Å². The highest BCUT2D eigenvalue weighted by molar-refractivity contribution is 6.54. The molecule has 2 aliphatic rings. The molecule has 0 fully saturated rings. The van der Waals surface area contributed by atoms with Gasteiger partial charge in [-0.05, 0) is 17.6 Å². The second-order valence-electron chi connectivity index (χ2n) is 7.90. The van der Waals surface area contributed by atoms with Crippen molar-refractivity contribution < 1.29 is 9.47 Å². The molecule has 10 heteroatoms. The smallest absolute Gasteiger partial charge is 0.197 e. The first-order valence-corrected chi connectivity index (χ1v) is 7.26. The van der Waals surface area contributed by atoms with E-state index in [1.54, 1.807) is 0 Å². The summed E-state index contributed by atoms with van der Waals surface area (Å²) in [6, 6.07) is 4.25. The maximum atomic E-state index is 6.71. The van der Waals surface area contributed by atoms with Crippen molar-refractivity contribution in [2.75, 3.05) is 0 Å². The molecule has 0 aromatic heterocycles. The van der Waals surface area contributed by atoms with Crippen molar-refractivity contribution in [1.29, 1.82) is 0 Å². The molecule has 0 bridgehead atoms. The van der Waals surface area contributed by atoms with E-state index >= 15 is 0 Å². The number of hydrogen-bond acceptors (Lipinski definition) is 3.